The predicted octanol–water partition coefficient (Wildman–Crippen LogP) is 4.01. The van der Waals surface area contributed by atoms with E-state index in [1.165, 1.54) is 29.7 Å². The number of aromatic nitrogens is 2. The van der Waals surface area contributed by atoms with Crippen molar-refractivity contribution in [3.05, 3.63) is 16.3 Å². The van der Waals surface area contributed by atoms with Gasteiger partial charge < -0.3 is 10.6 Å². The zero-order valence-electron chi connectivity index (χ0n) is 13.9. The van der Waals surface area contributed by atoms with Crippen LogP contribution in [0.1, 0.15) is 42.5 Å². The molecule has 2 aliphatic rings. The highest BCUT2D eigenvalue weighted by Gasteiger charge is 2.23. The first-order chi connectivity index (χ1) is 11.6. The molecular formula is C17H22N4S3. The van der Waals surface area contributed by atoms with Crippen LogP contribution in [-0.4, -0.2) is 32.3 Å². The summed E-state index contributed by atoms with van der Waals surface area (Å²) >= 11 is 9.00. The topological polar surface area (TPSA) is 55.0 Å². The molecule has 1 fully saturated rings. The second kappa shape index (κ2) is 6.77. The maximum atomic E-state index is 6.29. The molecule has 3 heterocycles. The Morgan fingerprint density at radius 1 is 1.38 bits per heavy atom. The van der Waals surface area contributed by atoms with E-state index in [1.54, 1.807) is 11.8 Å². The van der Waals surface area contributed by atoms with E-state index in [0.29, 0.717) is 11.6 Å². The number of nitrogens with zero attached hydrogens (tertiary/aromatic N) is 3. The number of nitrogen functional groups attached to an aromatic ring is 1. The molecule has 2 aromatic rings. The first-order valence-electron chi connectivity index (χ1n) is 8.60. The molecule has 1 aliphatic carbocycles. The SMILES string of the molecule is C[C@@H]1CCc2c(sc3nc(CSC(=S)N4CCCC4)nc(N)c23)C1. The number of anilines is 1. The molecular weight excluding hydrogens is 356 g/mol. The lowest BCUT2D eigenvalue weighted by Crippen LogP contribution is -2.23. The number of aryl methyl sites for hydroxylation is 1. The van der Waals surface area contributed by atoms with Crippen molar-refractivity contribution in [2.24, 2.45) is 5.92 Å². The molecule has 0 bridgehead atoms. The predicted molar refractivity (Wildman–Crippen MR) is 108 cm³/mol. The first-order valence-corrected chi connectivity index (χ1v) is 10.8. The van der Waals surface area contributed by atoms with E-state index in [1.807, 2.05) is 11.3 Å². The monoisotopic (exact) mass is 378 g/mol. The van der Waals surface area contributed by atoms with Crippen molar-refractivity contribution in [1.29, 1.82) is 0 Å². The smallest absolute Gasteiger partial charge is 0.142 e. The van der Waals surface area contributed by atoms with Crippen molar-refractivity contribution in [3.8, 4) is 0 Å². The minimum atomic E-state index is 0.648. The molecule has 4 nitrogen and oxygen atoms in total. The van der Waals surface area contributed by atoms with Crippen LogP contribution in [-0.2, 0) is 18.6 Å². The number of thiophene rings is 1. The molecule has 1 atom stereocenters. The minimum Gasteiger partial charge on any atom is -0.383 e. The van der Waals surface area contributed by atoms with E-state index in [-0.39, 0.29) is 0 Å². The summed E-state index contributed by atoms with van der Waals surface area (Å²) in [5, 5.41) is 1.11. The molecule has 128 valence electrons. The quantitative estimate of drug-likeness (QED) is 0.797. The normalized spacial score (nSPS) is 20.5. The molecule has 0 radical (unpaired) electrons. The molecule has 24 heavy (non-hydrogen) atoms. The van der Waals surface area contributed by atoms with Gasteiger partial charge >= 0.3 is 0 Å². The lowest BCUT2D eigenvalue weighted by atomic mass is 9.89. The van der Waals surface area contributed by atoms with Gasteiger partial charge in [0.2, 0.25) is 0 Å². The summed E-state index contributed by atoms with van der Waals surface area (Å²) in [6.45, 7) is 4.50. The number of hydrogen-bond donors (Lipinski definition) is 1. The second-order valence-corrected chi connectivity index (χ2v) is 9.50. The Labute approximate surface area is 156 Å². The number of nitrogens with two attached hydrogens (primary N) is 1. The van der Waals surface area contributed by atoms with Gasteiger partial charge in [0, 0.05) is 18.0 Å². The summed E-state index contributed by atoms with van der Waals surface area (Å²) in [5.41, 5.74) is 7.69. The third-order valence-corrected chi connectivity index (χ3v) is 7.59. The number of likely N-dealkylation sites (tertiary alicyclic amines) is 1. The van der Waals surface area contributed by atoms with Gasteiger partial charge in [-0.3, -0.25) is 0 Å². The van der Waals surface area contributed by atoms with Gasteiger partial charge in [-0.05, 0) is 43.6 Å². The zero-order chi connectivity index (χ0) is 16.7. The van der Waals surface area contributed by atoms with Crippen LogP contribution in [0.5, 0.6) is 0 Å². The molecule has 2 aromatic heterocycles. The van der Waals surface area contributed by atoms with Gasteiger partial charge in [0.05, 0.1) is 11.1 Å². The van der Waals surface area contributed by atoms with Crippen molar-refractivity contribution < 1.29 is 0 Å². The summed E-state index contributed by atoms with van der Waals surface area (Å²) < 4.78 is 0.967. The van der Waals surface area contributed by atoms with Gasteiger partial charge in [-0.15, -0.1) is 11.3 Å². The molecule has 0 spiro atoms. The van der Waals surface area contributed by atoms with E-state index in [0.717, 1.165) is 52.2 Å². The fraction of sp³-hybridized carbons (Fsp3) is 0.588. The highest BCUT2D eigenvalue weighted by molar-refractivity contribution is 8.22. The number of hydrogen-bond acceptors (Lipinski definition) is 6. The molecule has 1 saturated heterocycles. The van der Waals surface area contributed by atoms with Gasteiger partial charge in [-0.1, -0.05) is 30.9 Å². The summed E-state index contributed by atoms with van der Waals surface area (Å²) in [6.07, 6.45) is 5.99. The number of fused-ring (bicyclic) bond motifs is 3. The standard InChI is InChI=1S/C17H22N4S3/c1-10-4-5-11-12(8-10)24-16-14(11)15(18)19-13(20-16)9-23-17(22)21-6-2-3-7-21/h10H,2-9H2,1H3,(H2,18,19,20)/t10-/m1/s1. The molecule has 0 amide bonds. The lowest BCUT2D eigenvalue weighted by Gasteiger charge is -2.18. The van der Waals surface area contributed by atoms with Crippen LogP contribution >= 0.6 is 35.3 Å². The summed E-state index contributed by atoms with van der Waals surface area (Å²) in [4.78, 5) is 14.2. The summed E-state index contributed by atoms with van der Waals surface area (Å²) in [5.74, 6) is 2.91. The molecule has 4 rings (SSSR count). The lowest BCUT2D eigenvalue weighted by molar-refractivity contribution is 0.509. The third-order valence-electron chi connectivity index (χ3n) is 4.92. The summed E-state index contributed by atoms with van der Waals surface area (Å²) in [6, 6.07) is 0. The molecule has 2 N–H and O–H groups in total. The van der Waals surface area contributed by atoms with Gasteiger partial charge in [-0.25, -0.2) is 9.97 Å². The van der Waals surface area contributed by atoms with Crippen molar-refractivity contribution in [2.75, 3.05) is 18.8 Å². The second-order valence-electron chi connectivity index (χ2n) is 6.81. The minimum absolute atomic E-state index is 0.648. The molecule has 0 aromatic carbocycles. The number of rotatable bonds is 2. The van der Waals surface area contributed by atoms with Gasteiger partial charge in [0.15, 0.2) is 0 Å². The zero-order valence-corrected chi connectivity index (χ0v) is 16.3. The molecule has 0 unspecified atom stereocenters. The van der Waals surface area contributed by atoms with Crippen LogP contribution < -0.4 is 5.73 Å². The Bertz CT molecular complexity index is 780. The average molecular weight is 379 g/mol. The fourth-order valence-electron chi connectivity index (χ4n) is 3.60. The Hall–Kier alpha value is -0.920. The fourth-order valence-corrected chi connectivity index (χ4v) is 6.11. The van der Waals surface area contributed by atoms with Crippen molar-refractivity contribution in [2.45, 2.75) is 44.8 Å². The molecule has 1 aliphatic heterocycles. The molecule has 7 heteroatoms. The Morgan fingerprint density at radius 2 is 2.17 bits per heavy atom. The van der Waals surface area contributed by atoms with E-state index in [9.17, 15) is 0 Å². The van der Waals surface area contributed by atoms with E-state index < -0.39 is 0 Å². The molecule has 0 saturated carbocycles. The van der Waals surface area contributed by atoms with Crippen LogP contribution in [0, 0.1) is 5.92 Å². The van der Waals surface area contributed by atoms with Crippen LogP contribution in [0.3, 0.4) is 0 Å². The average Bonchev–Trinajstić information content (AvgIpc) is 3.19. The van der Waals surface area contributed by atoms with Gasteiger partial charge in [-0.2, -0.15) is 0 Å². The number of thioether (sulfide) groups is 1. The number of thiocarbonyl (C=S) groups is 1. The maximum Gasteiger partial charge on any atom is 0.142 e. The van der Waals surface area contributed by atoms with Crippen LogP contribution in [0.2, 0.25) is 0 Å². The largest absolute Gasteiger partial charge is 0.383 e. The van der Waals surface area contributed by atoms with E-state index in [4.69, 9.17) is 22.9 Å². The highest BCUT2D eigenvalue weighted by Crippen LogP contribution is 2.39. The van der Waals surface area contributed by atoms with Crippen LogP contribution in [0.15, 0.2) is 0 Å². The van der Waals surface area contributed by atoms with Crippen molar-refractivity contribution in [1.82, 2.24) is 14.9 Å². The third kappa shape index (κ3) is 3.13. The van der Waals surface area contributed by atoms with E-state index >= 15 is 0 Å². The highest BCUT2D eigenvalue weighted by atomic mass is 32.2. The first kappa shape index (κ1) is 16.5. The van der Waals surface area contributed by atoms with Crippen molar-refractivity contribution >= 4 is 55.7 Å². The Morgan fingerprint density at radius 3 is 2.96 bits per heavy atom. The van der Waals surface area contributed by atoms with Crippen LogP contribution in [0.4, 0.5) is 5.82 Å². The van der Waals surface area contributed by atoms with E-state index in [2.05, 4.69) is 16.8 Å². The Balaban J connectivity index is 1.55. The van der Waals surface area contributed by atoms with Crippen molar-refractivity contribution in [3.63, 3.8) is 0 Å². The summed E-state index contributed by atoms with van der Waals surface area (Å²) in [7, 11) is 0. The van der Waals surface area contributed by atoms with Crippen LogP contribution in [0.25, 0.3) is 10.2 Å². The van der Waals surface area contributed by atoms with Gasteiger partial charge in [0.1, 0.15) is 20.8 Å². The Kier molecular flexibility index (Phi) is 4.66. The van der Waals surface area contributed by atoms with Gasteiger partial charge in [0.25, 0.3) is 0 Å². The maximum absolute atomic E-state index is 6.29.